The molecule has 1 heterocycles. The lowest BCUT2D eigenvalue weighted by Gasteiger charge is -2.27. The predicted molar refractivity (Wildman–Crippen MR) is 69.9 cm³/mol. The van der Waals surface area contributed by atoms with Crippen molar-refractivity contribution in [2.75, 3.05) is 11.9 Å². The first-order valence-electron chi connectivity index (χ1n) is 6.34. The lowest BCUT2D eigenvalue weighted by molar-refractivity contribution is -0.120. The SMILES string of the molecule is CC1CC(C(=O)Nc2ccc(F)c(C#N)c2)CCN1. The molecule has 2 rings (SSSR count). The molecular formula is C14H16FN3O. The van der Waals surface area contributed by atoms with Crippen LogP contribution in [-0.2, 0) is 4.79 Å². The fourth-order valence-corrected chi connectivity index (χ4v) is 2.30. The second-order valence-corrected chi connectivity index (χ2v) is 4.87. The second kappa shape index (κ2) is 5.81. The lowest BCUT2D eigenvalue weighted by atomic mass is 9.92. The number of carbonyl (C=O) groups excluding carboxylic acids is 1. The molecule has 100 valence electrons. The van der Waals surface area contributed by atoms with Crippen LogP contribution < -0.4 is 10.6 Å². The minimum absolute atomic E-state index is 0.0353. The Labute approximate surface area is 111 Å². The average Bonchev–Trinajstić information content (AvgIpc) is 2.41. The van der Waals surface area contributed by atoms with Gasteiger partial charge in [-0.15, -0.1) is 0 Å². The van der Waals surface area contributed by atoms with Crippen molar-refractivity contribution in [3.05, 3.63) is 29.6 Å². The highest BCUT2D eigenvalue weighted by Gasteiger charge is 2.24. The highest BCUT2D eigenvalue weighted by molar-refractivity contribution is 5.92. The zero-order chi connectivity index (χ0) is 13.8. The van der Waals surface area contributed by atoms with Crippen molar-refractivity contribution in [1.82, 2.24) is 5.32 Å². The molecule has 19 heavy (non-hydrogen) atoms. The highest BCUT2D eigenvalue weighted by Crippen LogP contribution is 2.20. The minimum atomic E-state index is -0.573. The van der Waals surface area contributed by atoms with E-state index in [1.165, 1.54) is 18.2 Å². The molecule has 0 bridgehead atoms. The van der Waals surface area contributed by atoms with Crippen molar-refractivity contribution < 1.29 is 9.18 Å². The number of nitrogens with one attached hydrogen (secondary N) is 2. The summed E-state index contributed by atoms with van der Waals surface area (Å²) in [5.74, 6) is -0.674. The minimum Gasteiger partial charge on any atom is -0.326 e. The van der Waals surface area contributed by atoms with Crippen LogP contribution in [0.25, 0.3) is 0 Å². The van der Waals surface area contributed by atoms with E-state index in [0.29, 0.717) is 11.7 Å². The van der Waals surface area contributed by atoms with Gasteiger partial charge in [0.25, 0.3) is 0 Å². The maximum absolute atomic E-state index is 13.2. The number of amides is 1. The van der Waals surface area contributed by atoms with Crippen LogP contribution in [0.5, 0.6) is 0 Å². The monoisotopic (exact) mass is 261 g/mol. The van der Waals surface area contributed by atoms with Gasteiger partial charge < -0.3 is 10.6 Å². The van der Waals surface area contributed by atoms with E-state index in [9.17, 15) is 9.18 Å². The standard InChI is InChI=1S/C14H16FN3O/c1-9-6-10(4-5-17-9)14(19)18-12-2-3-13(15)11(7-12)8-16/h2-3,7,9-10,17H,4-6H2,1H3,(H,18,19). The predicted octanol–water partition coefficient (Wildman–Crippen LogP) is 2.02. The molecule has 4 nitrogen and oxygen atoms in total. The number of benzene rings is 1. The molecule has 1 amide bonds. The molecule has 2 N–H and O–H groups in total. The third kappa shape index (κ3) is 3.30. The first-order chi connectivity index (χ1) is 9.10. The van der Waals surface area contributed by atoms with Gasteiger partial charge in [-0.05, 0) is 44.5 Å². The van der Waals surface area contributed by atoms with E-state index in [1.54, 1.807) is 6.07 Å². The second-order valence-electron chi connectivity index (χ2n) is 4.87. The summed E-state index contributed by atoms with van der Waals surface area (Å²) in [5, 5.41) is 14.8. The van der Waals surface area contributed by atoms with E-state index < -0.39 is 5.82 Å². The number of halogens is 1. The van der Waals surface area contributed by atoms with Gasteiger partial charge in [-0.3, -0.25) is 4.79 Å². The Balaban J connectivity index is 2.04. The van der Waals surface area contributed by atoms with Crippen LogP contribution in [0.4, 0.5) is 10.1 Å². The zero-order valence-electron chi connectivity index (χ0n) is 10.7. The Bertz CT molecular complexity index is 524. The highest BCUT2D eigenvalue weighted by atomic mass is 19.1. The van der Waals surface area contributed by atoms with Crippen LogP contribution in [0.3, 0.4) is 0 Å². The van der Waals surface area contributed by atoms with Crippen molar-refractivity contribution in [2.45, 2.75) is 25.8 Å². The van der Waals surface area contributed by atoms with Gasteiger partial charge in [-0.1, -0.05) is 0 Å². The Morgan fingerprint density at radius 3 is 3.05 bits per heavy atom. The first kappa shape index (κ1) is 13.5. The quantitative estimate of drug-likeness (QED) is 0.856. The van der Waals surface area contributed by atoms with Gasteiger partial charge >= 0.3 is 0 Å². The Morgan fingerprint density at radius 2 is 2.37 bits per heavy atom. The summed E-state index contributed by atoms with van der Waals surface area (Å²) >= 11 is 0. The van der Waals surface area contributed by atoms with Gasteiger partial charge in [0, 0.05) is 17.6 Å². The van der Waals surface area contributed by atoms with Gasteiger partial charge in [0.1, 0.15) is 11.9 Å². The maximum Gasteiger partial charge on any atom is 0.227 e. The van der Waals surface area contributed by atoms with Crippen molar-refractivity contribution in [2.24, 2.45) is 5.92 Å². The molecule has 2 unspecified atom stereocenters. The number of rotatable bonds is 2. The third-order valence-corrected chi connectivity index (χ3v) is 3.35. The molecule has 1 saturated heterocycles. The van der Waals surface area contributed by atoms with Crippen LogP contribution in [0.2, 0.25) is 0 Å². The molecule has 5 heteroatoms. The molecule has 0 spiro atoms. The summed E-state index contributed by atoms with van der Waals surface area (Å²) in [6.45, 7) is 2.87. The van der Waals surface area contributed by atoms with Crippen molar-refractivity contribution in [3.8, 4) is 6.07 Å². The van der Waals surface area contributed by atoms with Gasteiger partial charge in [-0.25, -0.2) is 4.39 Å². The largest absolute Gasteiger partial charge is 0.326 e. The van der Waals surface area contributed by atoms with Crippen LogP contribution >= 0.6 is 0 Å². The average molecular weight is 261 g/mol. The molecule has 1 aliphatic rings. The van der Waals surface area contributed by atoms with Gasteiger partial charge in [0.2, 0.25) is 5.91 Å². The van der Waals surface area contributed by atoms with Gasteiger partial charge in [0.05, 0.1) is 5.56 Å². The molecule has 0 saturated carbocycles. The van der Waals surface area contributed by atoms with E-state index in [4.69, 9.17) is 5.26 Å². The molecule has 1 aromatic rings. The summed E-state index contributed by atoms with van der Waals surface area (Å²) in [7, 11) is 0. The summed E-state index contributed by atoms with van der Waals surface area (Å²) in [6.07, 6.45) is 1.58. The molecule has 1 aliphatic heterocycles. The molecule has 1 aromatic carbocycles. The Hall–Kier alpha value is -1.93. The van der Waals surface area contributed by atoms with Gasteiger partial charge in [0.15, 0.2) is 0 Å². The van der Waals surface area contributed by atoms with Crippen molar-refractivity contribution >= 4 is 11.6 Å². The van der Waals surface area contributed by atoms with Crippen LogP contribution in [0.1, 0.15) is 25.3 Å². The topological polar surface area (TPSA) is 64.9 Å². The smallest absolute Gasteiger partial charge is 0.227 e. The molecule has 0 aromatic heterocycles. The van der Waals surface area contributed by atoms with Crippen LogP contribution in [-0.4, -0.2) is 18.5 Å². The van der Waals surface area contributed by atoms with Crippen molar-refractivity contribution in [1.29, 1.82) is 5.26 Å². The van der Waals surface area contributed by atoms with E-state index in [-0.39, 0.29) is 17.4 Å². The summed E-state index contributed by atoms with van der Waals surface area (Å²) < 4.78 is 13.2. The number of carbonyl (C=O) groups is 1. The van der Waals surface area contributed by atoms with Gasteiger partial charge in [-0.2, -0.15) is 5.26 Å². The Morgan fingerprint density at radius 1 is 1.58 bits per heavy atom. The third-order valence-electron chi connectivity index (χ3n) is 3.35. The number of anilines is 1. The summed E-state index contributed by atoms with van der Waals surface area (Å²) in [5.41, 5.74) is 0.408. The van der Waals surface area contributed by atoms with E-state index >= 15 is 0 Å². The van der Waals surface area contributed by atoms with E-state index in [2.05, 4.69) is 10.6 Å². The van der Waals surface area contributed by atoms with Crippen molar-refractivity contribution in [3.63, 3.8) is 0 Å². The van der Waals surface area contributed by atoms with Crippen LogP contribution in [0.15, 0.2) is 18.2 Å². The summed E-state index contributed by atoms with van der Waals surface area (Å²) in [6, 6.07) is 6.11. The van der Waals surface area contributed by atoms with Crippen LogP contribution in [0, 0.1) is 23.1 Å². The first-order valence-corrected chi connectivity index (χ1v) is 6.34. The molecule has 0 radical (unpaired) electrons. The molecule has 2 atom stereocenters. The summed E-state index contributed by atoms with van der Waals surface area (Å²) in [4.78, 5) is 12.1. The molecule has 1 fully saturated rings. The fourth-order valence-electron chi connectivity index (χ4n) is 2.30. The van der Waals surface area contributed by atoms with E-state index in [1.807, 2.05) is 6.92 Å². The van der Waals surface area contributed by atoms with E-state index in [0.717, 1.165) is 19.4 Å². The number of piperidine rings is 1. The molecular weight excluding hydrogens is 245 g/mol. The maximum atomic E-state index is 13.2. The lowest BCUT2D eigenvalue weighted by Crippen LogP contribution is -2.40. The molecule has 0 aliphatic carbocycles. The number of nitriles is 1. The fraction of sp³-hybridized carbons (Fsp3) is 0.429. The zero-order valence-corrected chi connectivity index (χ0v) is 10.7. The number of nitrogens with zero attached hydrogens (tertiary/aromatic N) is 1. The number of hydrogen-bond acceptors (Lipinski definition) is 3. The Kier molecular flexibility index (Phi) is 4.13. The number of hydrogen-bond donors (Lipinski definition) is 2. The normalized spacial score (nSPS) is 22.6.